The summed E-state index contributed by atoms with van der Waals surface area (Å²) in [6, 6.07) is 10.8. The average Bonchev–Trinajstić information content (AvgIpc) is 2.45. The van der Waals surface area contributed by atoms with Gasteiger partial charge in [-0.2, -0.15) is 0 Å². The van der Waals surface area contributed by atoms with E-state index < -0.39 is 5.97 Å². The molecule has 0 radical (unpaired) electrons. The summed E-state index contributed by atoms with van der Waals surface area (Å²) in [7, 11) is 0. The zero-order valence-electron chi connectivity index (χ0n) is 11.3. The number of benzene rings is 2. The Morgan fingerprint density at radius 3 is 2.76 bits per heavy atom. The topological polar surface area (TPSA) is 64.3 Å². The van der Waals surface area contributed by atoms with Crippen LogP contribution in [0.15, 0.2) is 45.3 Å². The number of para-hydroxylation sites is 1. The van der Waals surface area contributed by atoms with Gasteiger partial charge < -0.3 is 15.8 Å². The highest BCUT2D eigenvalue weighted by molar-refractivity contribution is 9.11. The van der Waals surface area contributed by atoms with Gasteiger partial charge in [-0.05, 0) is 53.2 Å². The number of nitrogen functional groups attached to an aromatic ring is 1. The molecule has 0 spiro atoms. The van der Waals surface area contributed by atoms with E-state index in [0.717, 1.165) is 14.6 Å². The van der Waals surface area contributed by atoms with Crippen molar-refractivity contribution < 1.29 is 9.53 Å². The molecule has 0 atom stereocenters. The van der Waals surface area contributed by atoms with Crippen LogP contribution in [0.25, 0.3) is 0 Å². The minimum Gasteiger partial charge on any atom is -0.462 e. The van der Waals surface area contributed by atoms with Crippen LogP contribution in [-0.4, -0.2) is 12.6 Å². The molecule has 3 N–H and O–H groups in total. The van der Waals surface area contributed by atoms with E-state index in [9.17, 15) is 4.79 Å². The lowest BCUT2D eigenvalue weighted by atomic mass is 10.1. The number of halogens is 2. The quantitative estimate of drug-likeness (QED) is 0.562. The van der Waals surface area contributed by atoms with Crippen LogP contribution in [-0.2, 0) is 4.74 Å². The van der Waals surface area contributed by atoms with Crippen LogP contribution in [0.2, 0.25) is 0 Å². The SMILES string of the molecule is CCOC(=O)c1cccc(N)c1Nc1cc(Br)ccc1Br. The summed E-state index contributed by atoms with van der Waals surface area (Å²) in [6.07, 6.45) is 0. The van der Waals surface area contributed by atoms with Crippen molar-refractivity contribution in [1.29, 1.82) is 0 Å². The van der Waals surface area contributed by atoms with Crippen molar-refractivity contribution in [1.82, 2.24) is 0 Å². The summed E-state index contributed by atoms with van der Waals surface area (Å²) in [5.74, 6) is -0.404. The Morgan fingerprint density at radius 1 is 1.29 bits per heavy atom. The molecule has 21 heavy (non-hydrogen) atoms. The van der Waals surface area contributed by atoms with Gasteiger partial charge in [-0.1, -0.05) is 22.0 Å². The Bertz CT molecular complexity index is 675. The molecule has 2 aromatic rings. The van der Waals surface area contributed by atoms with Crippen molar-refractivity contribution in [2.24, 2.45) is 0 Å². The molecule has 0 fully saturated rings. The molecule has 0 aromatic heterocycles. The molecular formula is C15H14Br2N2O2. The molecule has 0 bridgehead atoms. The largest absolute Gasteiger partial charge is 0.462 e. The van der Waals surface area contributed by atoms with Crippen LogP contribution in [0.4, 0.5) is 17.1 Å². The molecule has 0 aliphatic heterocycles. The van der Waals surface area contributed by atoms with E-state index in [1.165, 1.54) is 0 Å². The number of carbonyl (C=O) groups excluding carboxylic acids is 1. The summed E-state index contributed by atoms with van der Waals surface area (Å²) < 4.78 is 6.84. The maximum atomic E-state index is 12.0. The van der Waals surface area contributed by atoms with Crippen LogP contribution in [0.3, 0.4) is 0 Å². The fourth-order valence-electron chi connectivity index (χ4n) is 1.82. The summed E-state index contributed by atoms with van der Waals surface area (Å²) >= 11 is 6.88. The molecule has 0 saturated carbocycles. The van der Waals surface area contributed by atoms with E-state index in [4.69, 9.17) is 10.5 Å². The monoisotopic (exact) mass is 412 g/mol. The third kappa shape index (κ3) is 3.77. The Kier molecular flexibility index (Phi) is 5.25. The lowest BCUT2D eigenvalue weighted by molar-refractivity contribution is 0.0527. The third-order valence-corrected chi connectivity index (χ3v) is 3.96. The fraction of sp³-hybridized carbons (Fsp3) is 0.133. The highest BCUT2D eigenvalue weighted by Gasteiger charge is 2.15. The number of nitrogens with two attached hydrogens (primary N) is 1. The average molecular weight is 414 g/mol. The van der Waals surface area contributed by atoms with Gasteiger partial charge in [-0.15, -0.1) is 0 Å². The van der Waals surface area contributed by atoms with E-state index >= 15 is 0 Å². The van der Waals surface area contributed by atoms with E-state index in [0.29, 0.717) is 23.5 Å². The highest BCUT2D eigenvalue weighted by Crippen LogP contribution is 2.33. The molecule has 0 saturated heterocycles. The molecule has 0 heterocycles. The predicted octanol–water partition coefficient (Wildman–Crippen LogP) is 4.71. The second-order valence-corrected chi connectivity index (χ2v) is 6.01. The predicted molar refractivity (Wildman–Crippen MR) is 91.9 cm³/mol. The van der Waals surface area contributed by atoms with Crippen LogP contribution in [0.5, 0.6) is 0 Å². The first-order valence-corrected chi connectivity index (χ1v) is 7.89. The zero-order chi connectivity index (χ0) is 15.4. The number of hydrogen-bond acceptors (Lipinski definition) is 4. The van der Waals surface area contributed by atoms with Crippen molar-refractivity contribution in [3.8, 4) is 0 Å². The number of hydrogen-bond donors (Lipinski definition) is 2. The lowest BCUT2D eigenvalue weighted by Gasteiger charge is -2.15. The molecule has 6 heteroatoms. The molecule has 0 aliphatic carbocycles. The molecule has 2 aromatic carbocycles. The number of esters is 1. The number of anilines is 3. The van der Waals surface area contributed by atoms with Gasteiger partial charge in [0.15, 0.2) is 0 Å². The van der Waals surface area contributed by atoms with E-state index in [2.05, 4.69) is 37.2 Å². The zero-order valence-corrected chi connectivity index (χ0v) is 14.5. The molecule has 0 aliphatic rings. The minimum atomic E-state index is -0.404. The molecule has 110 valence electrons. The summed E-state index contributed by atoms with van der Waals surface area (Å²) in [5.41, 5.74) is 8.22. The first-order valence-electron chi connectivity index (χ1n) is 6.30. The first-order chi connectivity index (χ1) is 10.0. The maximum absolute atomic E-state index is 12.0. The normalized spacial score (nSPS) is 10.2. The van der Waals surface area contributed by atoms with Gasteiger partial charge in [-0.25, -0.2) is 4.79 Å². The van der Waals surface area contributed by atoms with Crippen LogP contribution < -0.4 is 11.1 Å². The lowest BCUT2D eigenvalue weighted by Crippen LogP contribution is -2.09. The van der Waals surface area contributed by atoms with Crippen molar-refractivity contribution in [2.75, 3.05) is 17.7 Å². The van der Waals surface area contributed by atoms with Gasteiger partial charge in [0.2, 0.25) is 0 Å². The molecule has 0 unspecified atom stereocenters. The molecular weight excluding hydrogens is 400 g/mol. The van der Waals surface area contributed by atoms with Gasteiger partial charge in [0.05, 0.1) is 29.2 Å². The van der Waals surface area contributed by atoms with Gasteiger partial charge >= 0.3 is 5.97 Å². The first kappa shape index (κ1) is 15.9. The van der Waals surface area contributed by atoms with Crippen LogP contribution in [0.1, 0.15) is 17.3 Å². The fourth-order valence-corrected chi connectivity index (χ4v) is 2.52. The van der Waals surface area contributed by atoms with Crippen molar-refractivity contribution in [3.63, 3.8) is 0 Å². The summed E-state index contributed by atoms with van der Waals surface area (Å²) in [6.45, 7) is 2.08. The standard InChI is InChI=1S/C15H14Br2N2O2/c1-2-21-15(20)10-4-3-5-12(18)14(10)19-13-8-9(16)6-7-11(13)17/h3-8,19H,2,18H2,1H3. The molecule has 4 nitrogen and oxygen atoms in total. The Hall–Kier alpha value is -1.53. The summed E-state index contributed by atoms with van der Waals surface area (Å²) in [4.78, 5) is 12.0. The van der Waals surface area contributed by atoms with E-state index in [-0.39, 0.29) is 0 Å². The van der Waals surface area contributed by atoms with Gasteiger partial charge in [0, 0.05) is 8.95 Å². The van der Waals surface area contributed by atoms with E-state index in [1.54, 1.807) is 25.1 Å². The minimum absolute atomic E-state index is 0.313. The highest BCUT2D eigenvalue weighted by atomic mass is 79.9. The number of rotatable bonds is 4. The van der Waals surface area contributed by atoms with Crippen LogP contribution >= 0.6 is 31.9 Å². The number of carbonyl (C=O) groups is 1. The van der Waals surface area contributed by atoms with Crippen molar-refractivity contribution >= 4 is 54.9 Å². The second-order valence-electron chi connectivity index (χ2n) is 4.24. The Morgan fingerprint density at radius 2 is 2.05 bits per heavy atom. The van der Waals surface area contributed by atoms with Crippen LogP contribution in [0, 0.1) is 0 Å². The number of nitrogens with one attached hydrogen (secondary N) is 1. The van der Waals surface area contributed by atoms with Gasteiger partial charge in [-0.3, -0.25) is 0 Å². The van der Waals surface area contributed by atoms with Crippen molar-refractivity contribution in [2.45, 2.75) is 6.92 Å². The third-order valence-electron chi connectivity index (χ3n) is 2.78. The second kappa shape index (κ2) is 6.95. The summed E-state index contributed by atoms with van der Waals surface area (Å²) in [5, 5.41) is 3.19. The van der Waals surface area contributed by atoms with Gasteiger partial charge in [0.25, 0.3) is 0 Å². The van der Waals surface area contributed by atoms with Crippen molar-refractivity contribution in [3.05, 3.63) is 50.9 Å². The Labute approximate surface area is 139 Å². The smallest absolute Gasteiger partial charge is 0.340 e. The molecule has 0 amide bonds. The van der Waals surface area contributed by atoms with Gasteiger partial charge in [0.1, 0.15) is 0 Å². The maximum Gasteiger partial charge on any atom is 0.340 e. The Balaban J connectivity index is 2.43. The molecule has 2 rings (SSSR count). The number of ether oxygens (including phenoxy) is 1. The van der Waals surface area contributed by atoms with E-state index in [1.807, 2.05) is 18.2 Å².